The van der Waals surface area contributed by atoms with E-state index in [-0.39, 0.29) is 18.1 Å². The van der Waals surface area contributed by atoms with E-state index in [0.29, 0.717) is 17.9 Å². The molecule has 1 heterocycles. The van der Waals surface area contributed by atoms with Crippen molar-refractivity contribution in [3.8, 4) is 11.5 Å². The maximum absolute atomic E-state index is 12.2. The summed E-state index contributed by atoms with van der Waals surface area (Å²) < 4.78 is 12.5. The Kier molecular flexibility index (Phi) is 4.34. The van der Waals surface area contributed by atoms with Gasteiger partial charge in [0.1, 0.15) is 6.61 Å². The Labute approximate surface area is 137 Å². The number of nitrogens with one attached hydrogen (secondary N) is 1. The van der Waals surface area contributed by atoms with Crippen molar-refractivity contribution in [3.63, 3.8) is 0 Å². The molecule has 2 aromatic rings. The molecular formula is C17H16BrNO3. The number of hydrogen-bond acceptors (Lipinski definition) is 3. The molecule has 2 aromatic carbocycles. The van der Waals surface area contributed by atoms with Gasteiger partial charge < -0.3 is 14.8 Å². The third-order valence-corrected chi connectivity index (χ3v) is 4.08. The molecule has 0 saturated heterocycles. The summed E-state index contributed by atoms with van der Waals surface area (Å²) in [5.41, 5.74) is 0.618. The summed E-state index contributed by atoms with van der Waals surface area (Å²) in [5.74, 6) is 1.33. The smallest absolute Gasteiger partial charge is 0.251 e. The van der Waals surface area contributed by atoms with Crippen LogP contribution in [0.4, 0.5) is 0 Å². The van der Waals surface area contributed by atoms with Crippen molar-refractivity contribution in [2.75, 3.05) is 6.61 Å². The maximum atomic E-state index is 12.2. The highest BCUT2D eigenvalue weighted by molar-refractivity contribution is 9.10. The molecule has 2 atom stereocenters. The van der Waals surface area contributed by atoms with E-state index in [9.17, 15) is 4.79 Å². The predicted octanol–water partition coefficient (Wildman–Crippen LogP) is 3.41. The summed E-state index contributed by atoms with van der Waals surface area (Å²) in [7, 11) is 0. The fourth-order valence-electron chi connectivity index (χ4n) is 2.27. The van der Waals surface area contributed by atoms with E-state index < -0.39 is 0 Å². The first-order valence-corrected chi connectivity index (χ1v) is 7.88. The van der Waals surface area contributed by atoms with Gasteiger partial charge in [0, 0.05) is 10.0 Å². The molecule has 0 aromatic heterocycles. The van der Waals surface area contributed by atoms with Gasteiger partial charge in [0.15, 0.2) is 17.6 Å². The Morgan fingerprint density at radius 3 is 2.59 bits per heavy atom. The van der Waals surface area contributed by atoms with Gasteiger partial charge in [0.05, 0.1) is 6.04 Å². The zero-order chi connectivity index (χ0) is 15.5. The van der Waals surface area contributed by atoms with Gasteiger partial charge >= 0.3 is 0 Å². The summed E-state index contributed by atoms with van der Waals surface area (Å²) in [6, 6.07) is 14.6. The highest BCUT2D eigenvalue weighted by Gasteiger charge is 2.27. The average molecular weight is 362 g/mol. The molecule has 4 nitrogen and oxygen atoms in total. The van der Waals surface area contributed by atoms with Crippen molar-refractivity contribution in [1.29, 1.82) is 0 Å². The number of ether oxygens (including phenoxy) is 2. The van der Waals surface area contributed by atoms with Crippen LogP contribution >= 0.6 is 15.9 Å². The van der Waals surface area contributed by atoms with E-state index in [1.807, 2.05) is 43.3 Å². The molecule has 22 heavy (non-hydrogen) atoms. The highest BCUT2D eigenvalue weighted by atomic mass is 79.9. The van der Waals surface area contributed by atoms with E-state index >= 15 is 0 Å². The quantitative estimate of drug-likeness (QED) is 0.911. The Hall–Kier alpha value is -2.01. The van der Waals surface area contributed by atoms with Crippen molar-refractivity contribution in [3.05, 3.63) is 58.6 Å². The molecule has 1 amide bonds. The lowest BCUT2D eigenvalue weighted by Gasteiger charge is -2.30. The highest BCUT2D eigenvalue weighted by Crippen LogP contribution is 2.31. The third kappa shape index (κ3) is 3.25. The summed E-state index contributed by atoms with van der Waals surface area (Å²) in [5, 5.41) is 2.96. The van der Waals surface area contributed by atoms with Crippen LogP contribution < -0.4 is 14.8 Å². The van der Waals surface area contributed by atoms with Crippen LogP contribution in [0.25, 0.3) is 0 Å². The molecule has 0 unspecified atom stereocenters. The minimum absolute atomic E-state index is 0.123. The largest absolute Gasteiger partial charge is 0.486 e. The van der Waals surface area contributed by atoms with Gasteiger partial charge in [-0.15, -0.1) is 0 Å². The van der Waals surface area contributed by atoms with Crippen LogP contribution in [-0.4, -0.2) is 24.7 Å². The van der Waals surface area contributed by atoms with Crippen LogP contribution in [0.5, 0.6) is 11.5 Å². The van der Waals surface area contributed by atoms with Gasteiger partial charge in [0.25, 0.3) is 5.91 Å². The van der Waals surface area contributed by atoms with Crippen LogP contribution in [0.1, 0.15) is 17.3 Å². The molecule has 1 aliphatic heterocycles. The van der Waals surface area contributed by atoms with Gasteiger partial charge in [-0.1, -0.05) is 28.1 Å². The maximum Gasteiger partial charge on any atom is 0.251 e. The number of carbonyl (C=O) groups is 1. The number of para-hydroxylation sites is 2. The van der Waals surface area contributed by atoms with E-state index in [4.69, 9.17) is 9.47 Å². The molecule has 0 radical (unpaired) electrons. The van der Waals surface area contributed by atoms with Crippen LogP contribution in [0, 0.1) is 0 Å². The van der Waals surface area contributed by atoms with Gasteiger partial charge in [-0.25, -0.2) is 0 Å². The Morgan fingerprint density at radius 1 is 1.18 bits per heavy atom. The van der Waals surface area contributed by atoms with Crippen molar-refractivity contribution in [2.45, 2.75) is 19.1 Å². The SMILES string of the molecule is C[C@@H](NC(=O)c1ccc(Br)cc1)[C@H]1COc2ccccc2O1. The van der Waals surface area contributed by atoms with Crippen molar-refractivity contribution in [2.24, 2.45) is 0 Å². The number of carbonyl (C=O) groups excluding carboxylic acids is 1. The fraction of sp³-hybridized carbons (Fsp3) is 0.235. The van der Waals surface area contributed by atoms with Crippen LogP contribution in [0.2, 0.25) is 0 Å². The number of fused-ring (bicyclic) bond motifs is 1. The zero-order valence-electron chi connectivity index (χ0n) is 12.1. The number of hydrogen-bond donors (Lipinski definition) is 1. The molecule has 1 aliphatic rings. The zero-order valence-corrected chi connectivity index (χ0v) is 13.7. The van der Waals surface area contributed by atoms with Crippen molar-refractivity contribution < 1.29 is 14.3 Å². The molecule has 0 fully saturated rings. The minimum atomic E-state index is -0.214. The summed E-state index contributed by atoms with van der Waals surface area (Å²) >= 11 is 3.36. The van der Waals surface area contributed by atoms with Crippen molar-refractivity contribution in [1.82, 2.24) is 5.32 Å². The van der Waals surface area contributed by atoms with Gasteiger partial charge in [-0.05, 0) is 43.3 Å². The molecule has 0 saturated carbocycles. The first kappa shape index (κ1) is 14.9. The number of amides is 1. The van der Waals surface area contributed by atoms with Crippen molar-refractivity contribution >= 4 is 21.8 Å². The topological polar surface area (TPSA) is 47.6 Å². The Balaban J connectivity index is 1.64. The first-order chi connectivity index (χ1) is 10.6. The second kappa shape index (κ2) is 6.40. The van der Waals surface area contributed by atoms with Crippen LogP contribution in [0.15, 0.2) is 53.0 Å². The fourth-order valence-corrected chi connectivity index (χ4v) is 2.53. The monoisotopic (exact) mass is 361 g/mol. The molecule has 0 aliphatic carbocycles. The number of benzene rings is 2. The minimum Gasteiger partial charge on any atom is -0.486 e. The van der Waals surface area contributed by atoms with Gasteiger partial charge in [0.2, 0.25) is 0 Å². The molecular weight excluding hydrogens is 346 g/mol. The summed E-state index contributed by atoms with van der Waals surface area (Å²) in [6.07, 6.45) is -0.214. The molecule has 3 rings (SSSR count). The molecule has 114 valence electrons. The molecule has 5 heteroatoms. The van der Waals surface area contributed by atoms with Crippen LogP contribution in [0.3, 0.4) is 0 Å². The lowest BCUT2D eigenvalue weighted by Crippen LogP contribution is -2.48. The number of rotatable bonds is 3. The second-order valence-corrected chi connectivity index (χ2v) is 6.10. The Morgan fingerprint density at radius 2 is 1.86 bits per heavy atom. The van der Waals surface area contributed by atoms with Crippen LogP contribution in [-0.2, 0) is 0 Å². The Bertz CT molecular complexity index is 672. The third-order valence-electron chi connectivity index (χ3n) is 3.55. The average Bonchev–Trinajstić information content (AvgIpc) is 2.55. The van der Waals surface area contributed by atoms with Gasteiger partial charge in [-0.3, -0.25) is 4.79 Å². The summed E-state index contributed by atoms with van der Waals surface area (Å²) in [6.45, 7) is 2.33. The second-order valence-electron chi connectivity index (χ2n) is 5.18. The lowest BCUT2D eigenvalue weighted by atomic mass is 10.1. The van der Waals surface area contributed by atoms with E-state index in [2.05, 4.69) is 21.2 Å². The first-order valence-electron chi connectivity index (χ1n) is 7.08. The molecule has 0 bridgehead atoms. The van der Waals surface area contributed by atoms with Gasteiger partial charge in [-0.2, -0.15) is 0 Å². The van der Waals surface area contributed by atoms with E-state index in [0.717, 1.165) is 10.2 Å². The van der Waals surface area contributed by atoms with E-state index in [1.54, 1.807) is 12.1 Å². The predicted molar refractivity (Wildman–Crippen MR) is 87.4 cm³/mol. The standard InChI is InChI=1S/C17H16BrNO3/c1-11(19-17(20)12-6-8-13(18)9-7-12)16-10-21-14-4-2-3-5-15(14)22-16/h2-9,11,16H,10H2,1H3,(H,19,20)/t11-,16-/m1/s1. The molecule has 0 spiro atoms. The summed E-state index contributed by atoms with van der Waals surface area (Å²) in [4.78, 5) is 12.2. The lowest BCUT2D eigenvalue weighted by molar-refractivity contribution is 0.0606. The normalized spacial score (nSPS) is 17.6. The molecule has 1 N–H and O–H groups in total. The van der Waals surface area contributed by atoms with E-state index in [1.165, 1.54) is 0 Å². The number of halogens is 1.